The summed E-state index contributed by atoms with van der Waals surface area (Å²) in [6.45, 7) is 5.75. The van der Waals surface area contributed by atoms with Crippen LogP contribution < -0.4 is 10.1 Å². The molecule has 0 saturated heterocycles. The minimum absolute atomic E-state index is 0.242. The third-order valence-corrected chi connectivity index (χ3v) is 2.89. The summed E-state index contributed by atoms with van der Waals surface area (Å²) in [7, 11) is 0. The minimum Gasteiger partial charge on any atom is -0.493 e. The predicted molar refractivity (Wildman–Crippen MR) is 80.6 cm³/mol. The van der Waals surface area contributed by atoms with Gasteiger partial charge in [0.25, 0.3) is 0 Å². The van der Waals surface area contributed by atoms with E-state index in [9.17, 15) is 14.7 Å². The molecule has 1 heterocycles. The van der Waals surface area contributed by atoms with E-state index in [1.54, 1.807) is 32.9 Å². The van der Waals surface area contributed by atoms with Crippen LogP contribution in [0.15, 0.2) is 23.9 Å². The molecule has 1 aromatic carbocycles. The average molecular weight is 305 g/mol. The highest BCUT2D eigenvalue weighted by atomic mass is 16.6. The van der Waals surface area contributed by atoms with E-state index < -0.39 is 17.7 Å². The molecule has 0 aromatic heterocycles. The number of aliphatic carboxylic acids is 1. The van der Waals surface area contributed by atoms with Crippen LogP contribution >= 0.6 is 0 Å². The lowest BCUT2D eigenvalue weighted by Crippen LogP contribution is -2.34. The minimum atomic E-state index is -1.23. The van der Waals surface area contributed by atoms with E-state index in [1.165, 1.54) is 6.08 Å². The zero-order valence-electron chi connectivity index (χ0n) is 12.8. The Balaban J connectivity index is 2.17. The highest BCUT2D eigenvalue weighted by Gasteiger charge is 2.19. The molecule has 0 fully saturated rings. The number of carbonyl (C=O) groups is 2. The van der Waals surface area contributed by atoms with E-state index in [1.807, 2.05) is 6.07 Å². The van der Waals surface area contributed by atoms with E-state index in [0.717, 1.165) is 17.7 Å². The standard InChI is InChI=1S/C16H19NO5/c1-16(2,3)22-15(20)17-12(14(18)19)9-10-4-5-13-11(8-10)6-7-21-13/h4-5,8-9H,6-7H2,1-3H3,(H,17,20)(H,18,19)/b12-9-. The molecular formula is C16H19NO5. The van der Waals surface area contributed by atoms with Crippen molar-refractivity contribution in [3.05, 3.63) is 35.0 Å². The van der Waals surface area contributed by atoms with Crippen LogP contribution in [0.2, 0.25) is 0 Å². The van der Waals surface area contributed by atoms with E-state index in [4.69, 9.17) is 9.47 Å². The fraction of sp³-hybridized carbons (Fsp3) is 0.375. The summed E-state index contributed by atoms with van der Waals surface area (Å²) in [6, 6.07) is 5.38. The van der Waals surface area contributed by atoms with Crippen LogP contribution in [0, 0.1) is 0 Å². The maximum atomic E-state index is 11.7. The average Bonchev–Trinajstić information content (AvgIpc) is 2.82. The van der Waals surface area contributed by atoms with Gasteiger partial charge < -0.3 is 14.6 Å². The van der Waals surface area contributed by atoms with Crippen molar-refractivity contribution < 1.29 is 24.2 Å². The largest absolute Gasteiger partial charge is 0.493 e. The van der Waals surface area contributed by atoms with Gasteiger partial charge in [-0.3, -0.25) is 5.32 Å². The van der Waals surface area contributed by atoms with Crippen molar-refractivity contribution in [2.24, 2.45) is 0 Å². The molecule has 1 aliphatic heterocycles. The second-order valence-electron chi connectivity index (χ2n) is 5.96. The Hall–Kier alpha value is -2.50. The van der Waals surface area contributed by atoms with Crippen molar-refractivity contribution in [3.8, 4) is 5.75 Å². The zero-order chi connectivity index (χ0) is 16.3. The number of hydrogen-bond acceptors (Lipinski definition) is 4. The second-order valence-corrected chi connectivity index (χ2v) is 5.96. The first-order valence-electron chi connectivity index (χ1n) is 6.95. The number of nitrogens with one attached hydrogen (secondary N) is 1. The van der Waals surface area contributed by atoms with Crippen molar-refractivity contribution in [3.63, 3.8) is 0 Å². The Morgan fingerprint density at radius 3 is 2.73 bits per heavy atom. The van der Waals surface area contributed by atoms with E-state index >= 15 is 0 Å². The number of carboxylic acids is 1. The van der Waals surface area contributed by atoms with Gasteiger partial charge >= 0.3 is 12.1 Å². The van der Waals surface area contributed by atoms with Crippen molar-refractivity contribution in [2.45, 2.75) is 32.8 Å². The Morgan fingerprint density at radius 1 is 1.36 bits per heavy atom. The smallest absolute Gasteiger partial charge is 0.412 e. The first kappa shape index (κ1) is 15.9. The van der Waals surface area contributed by atoms with E-state index in [0.29, 0.717) is 12.2 Å². The fourth-order valence-corrected chi connectivity index (χ4v) is 2.03. The number of alkyl carbamates (subject to hydrolysis) is 1. The SMILES string of the molecule is CC(C)(C)OC(=O)N/C(=C\c1ccc2c(c1)CCO2)C(=O)O. The van der Waals surface area contributed by atoms with Gasteiger partial charge in [-0.2, -0.15) is 0 Å². The molecule has 2 N–H and O–H groups in total. The Labute approximate surface area is 128 Å². The Bertz CT molecular complexity index is 628. The molecule has 1 aliphatic rings. The van der Waals surface area contributed by atoms with Gasteiger partial charge in [0.15, 0.2) is 0 Å². The van der Waals surface area contributed by atoms with Crippen molar-refractivity contribution >= 4 is 18.1 Å². The molecule has 0 radical (unpaired) electrons. The summed E-state index contributed by atoms with van der Waals surface area (Å²) in [6.07, 6.45) is 1.38. The van der Waals surface area contributed by atoms with Gasteiger partial charge in [-0.1, -0.05) is 6.07 Å². The summed E-state index contributed by atoms with van der Waals surface area (Å²) in [5.74, 6) is -0.420. The molecule has 118 valence electrons. The molecule has 0 saturated carbocycles. The molecule has 2 rings (SSSR count). The number of ether oxygens (including phenoxy) is 2. The number of amides is 1. The van der Waals surface area contributed by atoms with Gasteiger partial charge in [0.1, 0.15) is 17.0 Å². The number of carbonyl (C=O) groups excluding carboxylic acids is 1. The lowest BCUT2D eigenvalue weighted by atomic mass is 10.1. The lowest BCUT2D eigenvalue weighted by molar-refractivity contribution is -0.133. The molecule has 0 bridgehead atoms. The van der Waals surface area contributed by atoms with Gasteiger partial charge in [-0.05, 0) is 50.1 Å². The number of carboxylic acid groups (broad SMARTS) is 1. The molecule has 1 aromatic rings. The second kappa shape index (κ2) is 6.09. The Kier molecular flexibility index (Phi) is 4.40. The fourth-order valence-electron chi connectivity index (χ4n) is 2.03. The first-order valence-corrected chi connectivity index (χ1v) is 6.95. The number of benzene rings is 1. The van der Waals surface area contributed by atoms with Crippen LogP contribution in [0.25, 0.3) is 6.08 Å². The van der Waals surface area contributed by atoms with Gasteiger partial charge in [-0.25, -0.2) is 9.59 Å². The number of hydrogen-bond donors (Lipinski definition) is 2. The summed E-state index contributed by atoms with van der Waals surface area (Å²) in [4.78, 5) is 23.0. The van der Waals surface area contributed by atoms with Crippen molar-refractivity contribution in [1.82, 2.24) is 5.32 Å². The summed E-state index contributed by atoms with van der Waals surface area (Å²) in [5.41, 5.74) is 0.764. The molecular weight excluding hydrogens is 286 g/mol. The van der Waals surface area contributed by atoms with Gasteiger partial charge in [0.05, 0.1) is 6.61 Å². The monoisotopic (exact) mass is 305 g/mol. The van der Waals surface area contributed by atoms with E-state index in [2.05, 4.69) is 5.32 Å². The molecule has 6 heteroatoms. The van der Waals surface area contributed by atoms with Gasteiger partial charge in [-0.15, -0.1) is 0 Å². The molecule has 1 amide bonds. The molecule has 6 nitrogen and oxygen atoms in total. The van der Waals surface area contributed by atoms with Crippen LogP contribution in [0.1, 0.15) is 31.9 Å². The number of fused-ring (bicyclic) bond motifs is 1. The topological polar surface area (TPSA) is 84.9 Å². The number of rotatable bonds is 3. The molecule has 22 heavy (non-hydrogen) atoms. The lowest BCUT2D eigenvalue weighted by Gasteiger charge is -2.19. The highest BCUT2D eigenvalue weighted by molar-refractivity contribution is 5.95. The molecule has 0 atom stereocenters. The predicted octanol–water partition coefficient (Wildman–Crippen LogP) is 2.57. The van der Waals surface area contributed by atoms with Gasteiger partial charge in [0.2, 0.25) is 0 Å². The molecule has 0 spiro atoms. The van der Waals surface area contributed by atoms with Crippen LogP contribution in [-0.4, -0.2) is 29.4 Å². The summed E-state index contributed by atoms with van der Waals surface area (Å²) in [5, 5.41) is 11.5. The zero-order valence-corrected chi connectivity index (χ0v) is 12.8. The van der Waals surface area contributed by atoms with E-state index in [-0.39, 0.29) is 5.70 Å². The van der Waals surface area contributed by atoms with Gasteiger partial charge in [0, 0.05) is 6.42 Å². The summed E-state index contributed by atoms with van der Waals surface area (Å²) >= 11 is 0. The van der Waals surface area contributed by atoms with Crippen LogP contribution in [0.3, 0.4) is 0 Å². The van der Waals surface area contributed by atoms with Crippen LogP contribution in [0.4, 0.5) is 4.79 Å². The maximum absolute atomic E-state index is 11.7. The molecule has 0 aliphatic carbocycles. The highest BCUT2D eigenvalue weighted by Crippen LogP contribution is 2.26. The normalized spacial score (nSPS) is 14.0. The van der Waals surface area contributed by atoms with Crippen molar-refractivity contribution in [1.29, 1.82) is 0 Å². The quantitative estimate of drug-likeness (QED) is 0.838. The third kappa shape index (κ3) is 4.25. The van der Waals surface area contributed by atoms with Crippen molar-refractivity contribution in [2.75, 3.05) is 6.61 Å². The first-order chi connectivity index (χ1) is 10.2. The maximum Gasteiger partial charge on any atom is 0.412 e. The van der Waals surface area contributed by atoms with Crippen LogP contribution in [-0.2, 0) is 16.0 Å². The third-order valence-electron chi connectivity index (χ3n) is 2.89. The molecule has 0 unspecified atom stereocenters. The summed E-state index contributed by atoms with van der Waals surface area (Å²) < 4.78 is 10.5. The Morgan fingerprint density at radius 2 is 2.09 bits per heavy atom. The van der Waals surface area contributed by atoms with Crippen LogP contribution in [0.5, 0.6) is 5.75 Å².